The van der Waals surface area contributed by atoms with Gasteiger partial charge in [-0.25, -0.2) is 0 Å². The van der Waals surface area contributed by atoms with Gasteiger partial charge in [-0.05, 0) is 25.1 Å². The van der Waals surface area contributed by atoms with Crippen LogP contribution in [-0.2, 0) is 17.7 Å². The van der Waals surface area contributed by atoms with Crippen molar-refractivity contribution < 1.29 is 22.5 Å². The van der Waals surface area contributed by atoms with Crippen molar-refractivity contribution in [2.45, 2.75) is 19.8 Å². The van der Waals surface area contributed by atoms with E-state index in [-0.39, 0.29) is 10.6 Å². The van der Waals surface area contributed by atoms with Crippen LogP contribution >= 0.6 is 11.3 Å². The number of thiazole rings is 1. The Morgan fingerprint density at radius 2 is 2.14 bits per heavy atom. The third kappa shape index (κ3) is 4.14. The summed E-state index contributed by atoms with van der Waals surface area (Å²) in [6.45, 7) is 2.22. The molecule has 0 aliphatic heterocycles. The summed E-state index contributed by atoms with van der Waals surface area (Å²) in [5, 5.41) is 7.87. The molecule has 0 aliphatic carbocycles. The summed E-state index contributed by atoms with van der Waals surface area (Å²) < 4.78 is 54.0. The number of hydrogen-bond donors (Lipinski definition) is 1. The van der Waals surface area contributed by atoms with Crippen molar-refractivity contribution in [3.8, 4) is 5.75 Å². The molecule has 1 aromatic heterocycles. The molecule has 0 bridgehead atoms. The van der Waals surface area contributed by atoms with Gasteiger partial charge in [0.2, 0.25) is 0 Å². The van der Waals surface area contributed by atoms with Gasteiger partial charge in [0.15, 0.2) is 4.80 Å². The normalized spacial score (nSPS) is 13.6. The number of halogens is 3. The van der Waals surface area contributed by atoms with Crippen molar-refractivity contribution in [2.75, 3.05) is 11.5 Å². The van der Waals surface area contributed by atoms with E-state index < -0.39 is 17.5 Å². The monoisotopic (exact) mass is 338 g/mol. The molecule has 1 unspecified atom stereocenters. The van der Waals surface area contributed by atoms with Crippen LogP contribution in [0.25, 0.3) is 10.2 Å². The Bertz CT molecular complexity index is 681. The minimum Gasteiger partial charge on any atom is -0.616 e. The molecule has 116 valence electrons. The van der Waals surface area contributed by atoms with E-state index in [9.17, 15) is 17.7 Å². The zero-order valence-electron chi connectivity index (χ0n) is 11.1. The van der Waals surface area contributed by atoms with E-state index in [4.69, 9.17) is 5.41 Å². The summed E-state index contributed by atoms with van der Waals surface area (Å²) in [4.78, 5) is 0.210. The van der Waals surface area contributed by atoms with Crippen LogP contribution in [0.15, 0.2) is 18.2 Å². The van der Waals surface area contributed by atoms with Gasteiger partial charge < -0.3 is 13.9 Å². The van der Waals surface area contributed by atoms with Crippen LogP contribution in [0.2, 0.25) is 0 Å². The zero-order valence-corrected chi connectivity index (χ0v) is 12.7. The Balaban J connectivity index is 2.28. The number of aromatic nitrogens is 1. The second-order valence-corrected chi connectivity index (χ2v) is 7.06. The summed E-state index contributed by atoms with van der Waals surface area (Å²) in [5.74, 6) is 0.652. The van der Waals surface area contributed by atoms with Crippen molar-refractivity contribution in [2.24, 2.45) is 0 Å². The Morgan fingerprint density at radius 1 is 1.43 bits per heavy atom. The van der Waals surface area contributed by atoms with Crippen molar-refractivity contribution in [3.63, 3.8) is 0 Å². The summed E-state index contributed by atoms with van der Waals surface area (Å²) >= 11 is 0.108. The molecule has 0 saturated heterocycles. The van der Waals surface area contributed by atoms with Crippen molar-refractivity contribution in [3.05, 3.63) is 23.0 Å². The number of nitrogens with zero attached hydrogens (tertiary/aromatic N) is 1. The molecule has 0 saturated carbocycles. The molecule has 0 amide bonds. The van der Waals surface area contributed by atoms with Gasteiger partial charge in [-0.1, -0.05) is 22.5 Å². The summed E-state index contributed by atoms with van der Waals surface area (Å²) in [5.41, 5.74) is 0.646. The predicted octanol–water partition coefficient (Wildman–Crippen LogP) is 2.85. The molecule has 9 heteroatoms. The molecule has 2 aromatic rings. The highest BCUT2D eigenvalue weighted by Crippen LogP contribution is 2.27. The zero-order chi connectivity index (χ0) is 15.6. The van der Waals surface area contributed by atoms with E-state index in [1.165, 1.54) is 18.2 Å². The molecule has 1 atom stereocenters. The smallest absolute Gasteiger partial charge is 0.573 e. The number of aryl methyl sites for hydroxylation is 1. The molecule has 2 rings (SSSR count). The highest BCUT2D eigenvalue weighted by atomic mass is 32.2. The average Bonchev–Trinajstić information content (AvgIpc) is 2.69. The molecule has 0 fully saturated rings. The molecule has 1 aromatic carbocycles. The maximum absolute atomic E-state index is 12.2. The maximum Gasteiger partial charge on any atom is 0.573 e. The topological polar surface area (TPSA) is 61.1 Å². The highest BCUT2D eigenvalue weighted by Gasteiger charge is 2.31. The minimum atomic E-state index is -4.73. The van der Waals surface area contributed by atoms with E-state index in [1.807, 2.05) is 6.92 Å². The number of fused-ring (bicyclic) bond motifs is 1. The molecule has 0 spiro atoms. The van der Waals surface area contributed by atoms with Gasteiger partial charge in [0.1, 0.15) is 17.3 Å². The summed E-state index contributed by atoms with van der Waals surface area (Å²) in [6.07, 6.45) is -4.73. The Morgan fingerprint density at radius 3 is 2.76 bits per heavy atom. The standard InChI is InChI=1S/C12H13F3N2O2S2/c1-2-21(18)6-5-17-9-4-3-8(19-12(13,14)15)7-10(9)20-11(17)16/h3-4,7,16H,2,5-6H2,1H3. The quantitative estimate of drug-likeness (QED) is 0.852. The van der Waals surface area contributed by atoms with Crippen LogP contribution in [0.1, 0.15) is 6.92 Å². The van der Waals surface area contributed by atoms with Crippen LogP contribution in [0.3, 0.4) is 0 Å². The SMILES string of the molecule is CC[S+]([O-])CCn1c(=N)sc2cc(OC(F)(F)F)ccc21. The Hall–Kier alpha value is -1.19. The second-order valence-electron chi connectivity index (χ2n) is 4.17. The lowest BCUT2D eigenvalue weighted by Crippen LogP contribution is -2.20. The molecule has 1 N–H and O–H groups in total. The van der Waals surface area contributed by atoms with Gasteiger partial charge in [-0.15, -0.1) is 13.2 Å². The van der Waals surface area contributed by atoms with E-state index in [1.54, 1.807) is 4.57 Å². The van der Waals surface area contributed by atoms with Gasteiger partial charge >= 0.3 is 6.36 Å². The van der Waals surface area contributed by atoms with Crippen molar-refractivity contribution in [1.82, 2.24) is 4.57 Å². The van der Waals surface area contributed by atoms with Crippen LogP contribution in [0.5, 0.6) is 5.75 Å². The lowest BCUT2D eigenvalue weighted by molar-refractivity contribution is -0.274. The van der Waals surface area contributed by atoms with Gasteiger partial charge in [-0.2, -0.15) is 0 Å². The Labute approximate surface area is 125 Å². The maximum atomic E-state index is 12.2. The van der Waals surface area contributed by atoms with E-state index in [2.05, 4.69) is 4.74 Å². The average molecular weight is 338 g/mol. The van der Waals surface area contributed by atoms with E-state index >= 15 is 0 Å². The summed E-state index contributed by atoms with van der Waals surface area (Å²) in [7, 11) is 0. The first-order valence-electron chi connectivity index (χ1n) is 6.09. The third-order valence-corrected chi connectivity index (χ3v) is 5.01. The number of ether oxygens (including phenoxy) is 1. The Kier molecular flexibility index (Phi) is 4.84. The first kappa shape index (κ1) is 16.2. The van der Waals surface area contributed by atoms with Gasteiger partial charge in [0, 0.05) is 0 Å². The number of nitrogens with one attached hydrogen (secondary N) is 1. The first-order chi connectivity index (χ1) is 9.80. The van der Waals surface area contributed by atoms with Crippen molar-refractivity contribution in [1.29, 1.82) is 5.41 Å². The molecular formula is C12H13F3N2O2S2. The lowest BCUT2D eigenvalue weighted by Gasteiger charge is -2.10. The molecule has 1 heterocycles. The number of rotatable bonds is 5. The van der Waals surface area contributed by atoms with E-state index in [0.29, 0.717) is 28.3 Å². The molecule has 4 nitrogen and oxygen atoms in total. The van der Waals surface area contributed by atoms with Crippen LogP contribution in [0.4, 0.5) is 13.2 Å². The fourth-order valence-corrected chi connectivity index (χ4v) is 3.47. The van der Waals surface area contributed by atoms with Gasteiger partial charge in [0.05, 0.1) is 16.8 Å². The van der Waals surface area contributed by atoms with Crippen LogP contribution < -0.4 is 9.54 Å². The molecular weight excluding hydrogens is 325 g/mol. The largest absolute Gasteiger partial charge is 0.616 e. The highest BCUT2D eigenvalue weighted by molar-refractivity contribution is 7.91. The van der Waals surface area contributed by atoms with Crippen LogP contribution in [0, 0.1) is 5.41 Å². The van der Waals surface area contributed by atoms with E-state index in [0.717, 1.165) is 11.3 Å². The fourth-order valence-electron chi connectivity index (χ4n) is 1.82. The van der Waals surface area contributed by atoms with Gasteiger partial charge in [0.25, 0.3) is 0 Å². The fraction of sp³-hybridized carbons (Fsp3) is 0.417. The van der Waals surface area contributed by atoms with Gasteiger partial charge in [-0.3, -0.25) is 5.41 Å². The number of hydrogen-bond acceptors (Lipinski definition) is 4. The van der Waals surface area contributed by atoms with Crippen molar-refractivity contribution >= 4 is 32.7 Å². The van der Waals surface area contributed by atoms with Crippen LogP contribution in [-0.4, -0.2) is 27.0 Å². The lowest BCUT2D eigenvalue weighted by atomic mass is 10.3. The number of alkyl halides is 3. The first-order valence-corrected chi connectivity index (χ1v) is 8.39. The number of benzene rings is 1. The predicted molar refractivity (Wildman–Crippen MR) is 75.9 cm³/mol. The third-order valence-electron chi connectivity index (χ3n) is 2.77. The minimum absolute atomic E-state index is 0.210. The summed E-state index contributed by atoms with van der Waals surface area (Å²) in [6, 6.07) is 3.97. The molecule has 0 radical (unpaired) electrons. The molecule has 21 heavy (non-hydrogen) atoms. The molecule has 0 aliphatic rings. The second kappa shape index (κ2) is 6.29.